The molecular weight excluding hydrogens is 289 g/mol. The van der Waals surface area contributed by atoms with Gasteiger partial charge in [-0.3, -0.25) is 0 Å². The molecule has 0 atom stereocenters. The summed E-state index contributed by atoms with van der Waals surface area (Å²) in [6.45, 7) is 0. The molecule has 0 amide bonds. The molecule has 104 valence electrons. The van der Waals surface area contributed by atoms with E-state index in [1.165, 1.54) is 12.1 Å². The number of benzene rings is 2. The van der Waals surface area contributed by atoms with Crippen LogP contribution in [0.4, 0.5) is 13.2 Å². The Morgan fingerprint density at radius 3 is 2.45 bits per heavy atom. The van der Waals surface area contributed by atoms with Gasteiger partial charge in [-0.1, -0.05) is 6.07 Å². The summed E-state index contributed by atoms with van der Waals surface area (Å²) in [7, 11) is 0. The molecule has 20 heavy (non-hydrogen) atoms. The first kappa shape index (κ1) is 14.5. The van der Waals surface area contributed by atoms with Crippen LogP contribution in [0.3, 0.4) is 0 Å². The molecule has 0 radical (unpaired) electrons. The fourth-order valence-corrected chi connectivity index (χ4v) is 2.50. The molecule has 2 aromatic carbocycles. The van der Waals surface area contributed by atoms with Crippen molar-refractivity contribution in [3.05, 3.63) is 65.0 Å². The van der Waals surface area contributed by atoms with Crippen molar-refractivity contribution >= 4 is 17.7 Å². The first-order valence-electron chi connectivity index (χ1n) is 5.57. The second-order valence-electron chi connectivity index (χ2n) is 3.97. The Morgan fingerprint density at radius 2 is 1.80 bits per heavy atom. The van der Waals surface area contributed by atoms with Gasteiger partial charge < -0.3 is 5.11 Å². The predicted octanol–water partition coefficient (Wildman–Crippen LogP) is 4.09. The summed E-state index contributed by atoms with van der Waals surface area (Å²) < 4.78 is 39.7. The van der Waals surface area contributed by atoms with Gasteiger partial charge in [0, 0.05) is 16.7 Å². The van der Waals surface area contributed by atoms with Crippen molar-refractivity contribution < 1.29 is 23.1 Å². The van der Waals surface area contributed by atoms with E-state index in [9.17, 15) is 18.0 Å². The molecule has 0 unspecified atom stereocenters. The summed E-state index contributed by atoms with van der Waals surface area (Å²) in [6.07, 6.45) is 0. The molecule has 0 saturated heterocycles. The van der Waals surface area contributed by atoms with Crippen LogP contribution in [0.15, 0.2) is 41.3 Å². The smallest absolute Gasteiger partial charge is 0.335 e. The van der Waals surface area contributed by atoms with Crippen LogP contribution in [0, 0.1) is 17.5 Å². The average Bonchev–Trinajstić information content (AvgIpc) is 2.39. The predicted molar refractivity (Wildman–Crippen MR) is 69.3 cm³/mol. The van der Waals surface area contributed by atoms with Crippen LogP contribution in [-0.2, 0) is 5.75 Å². The number of aromatic carboxylic acids is 1. The van der Waals surface area contributed by atoms with Crippen molar-refractivity contribution in [2.75, 3.05) is 0 Å². The average molecular weight is 298 g/mol. The van der Waals surface area contributed by atoms with E-state index in [0.29, 0.717) is 0 Å². The highest BCUT2D eigenvalue weighted by Gasteiger charge is 2.10. The number of hydrogen-bond acceptors (Lipinski definition) is 2. The van der Waals surface area contributed by atoms with Crippen molar-refractivity contribution in [2.24, 2.45) is 0 Å². The Balaban J connectivity index is 2.18. The maximum absolute atomic E-state index is 13.5. The van der Waals surface area contributed by atoms with Crippen LogP contribution in [-0.4, -0.2) is 11.1 Å². The lowest BCUT2D eigenvalue weighted by Crippen LogP contribution is -1.97. The van der Waals surface area contributed by atoms with Crippen molar-refractivity contribution in [1.29, 1.82) is 0 Å². The van der Waals surface area contributed by atoms with Gasteiger partial charge in [-0.05, 0) is 29.8 Å². The van der Waals surface area contributed by atoms with Gasteiger partial charge >= 0.3 is 5.97 Å². The number of halogens is 3. The van der Waals surface area contributed by atoms with Crippen LogP contribution in [0.1, 0.15) is 15.9 Å². The lowest BCUT2D eigenvalue weighted by Gasteiger charge is -2.06. The summed E-state index contributed by atoms with van der Waals surface area (Å²) in [5.41, 5.74) is 0.171. The number of carbonyl (C=O) groups is 1. The molecule has 0 fully saturated rings. The summed E-state index contributed by atoms with van der Waals surface area (Å²) in [5.74, 6) is -3.07. The van der Waals surface area contributed by atoms with E-state index in [-0.39, 0.29) is 21.8 Å². The zero-order chi connectivity index (χ0) is 14.7. The van der Waals surface area contributed by atoms with Crippen molar-refractivity contribution in [3.8, 4) is 0 Å². The van der Waals surface area contributed by atoms with Gasteiger partial charge in [0.2, 0.25) is 0 Å². The quantitative estimate of drug-likeness (QED) is 0.864. The van der Waals surface area contributed by atoms with Gasteiger partial charge in [-0.25, -0.2) is 18.0 Å². The van der Waals surface area contributed by atoms with Crippen LogP contribution < -0.4 is 0 Å². The van der Waals surface area contributed by atoms with Crippen molar-refractivity contribution in [3.63, 3.8) is 0 Å². The van der Waals surface area contributed by atoms with E-state index in [0.717, 1.165) is 36.0 Å². The molecular formula is C14H9F3O2S. The number of thioether (sulfide) groups is 1. The number of rotatable bonds is 4. The third-order valence-corrected chi connectivity index (χ3v) is 3.66. The molecule has 2 aromatic rings. The maximum Gasteiger partial charge on any atom is 0.335 e. The topological polar surface area (TPSA) is 37.3 Å². The van der Waals surface area contributed by atoms with E-state index in [1.807, 2.05) is 0 Å². The van der Waals surface area contributed by atoms with Crippen LogP contribution >= 0.6 is 11.8 Å². The number of hydrogen-bond donors (Lipinski definition) is 1. The fourth-order valence-electron chi connectivity index (χ4n) is 1.54. The Hall–Kier alpha value is -1.95. The molecule has 2 nitrogen and oxygen atoms in total. The molecule has 2 rings (SSSR count). The minimum Gasteiger partial charge on any atom is -0.478 e. The van der Waals surface area contributed by atoms with Gasteiger partial charge in [0.05, 0.1) is 5.56 Å². The summed E-state index contributed by atoms with van der Waals surface area (Å²) in [4.78, 5) is 10.9. The molecule has 0 aliphatic carbocycles. The Bertz CT molecular complexity index is 659. The third kappa shape index (κ3) is 3.33. The van der Waals surface area contributed by atoms with Crippen LogP contribution in [0.5, 0.6) is 0 Å². The van der Waals surface area contributed by atoms with Gasteiger partial charge in [0.15, 0.2) is 0 Å². The van der Waals surface area contributed by atoms with Crippen LogP contribution in [0.2, 0.25) is 0 Å². The lowest BCUT2D eigenvalue weighted by molar-refractivity contribution is 0.0696. The van der Waals surface area contributed by atoms with E-state index in [1.54, 1.807) is 0 Å². The zero-order valence-electron chi connectivity index (χ0n) is 10.1. The standard InChI is InChI=1S/C14H9F3O2S/c15-10-3-1-9(12(17)6-10)7-20-13-5-8(14(18)19)2-4-11(13)16/h1-6H,7H2,(H,18,19). The summed E-state index contributed by atoms with van der Waals surface area (Å²) in [5, 5.41) is 8.83. The van der Waals surface area contributed by atoms with E-state index in [2.05, 4.69) is 0 Å². The van der Waals surface area contributed by atoms with Gasteiger partial charge in [0.1, 0.15) is 17.5 Å². The lowest BCUT2D eigenvalue weighted by atomic mass is 10.2. The Morgan fingerprint density at radius 1 is 1.05 bits per heavy atom. The van der Waals surface area contributed by atoms with Gasteiger partial charge in [-0.2, -0.15) is 0 Å². The second kappa shape index (κ2) is 6.00. The first-order chi connectivity index (χ1) is 9.47. The van der Waals surface area contributed by atoms with Gasteiger partial charge in [0.25, 0.3) is 0 Å². The highest BCUT2D eigenvalue weighted by molar-refractivity contribution is 7.98. The molecule has 0 bridgehead atoms. The SMILES string of the molecule is O=C(O)c1ccc(F)c(SCc2ccc(F)cc2F)c1. The minimum atomic E-state index is -1.17. The molecule has 6 heteroatoms. The molecule has 0 spiro atoms. The van der Waals surface area contributed by atoms with Gasteiger partial charge in [-0.15, -0.1) is 11.8 Å². The van der Waals surface area contributed by atoms with Crippen molar-refractivity contribution in [2.45, 2.75) is 10.6 Å². The second-order valence-corrected chi connectivity index (χ2v) is 4.99. The first-order valence-corrected chi connectivity index (χ1v) is 6.55. The molecule has 0 heterocycles. The van der Waals surface area contributed by atoms with Crippen LogP contribution in [0.25, 0.3) is 0 Å². The number of carboxylic acid groups (broad SMARTS) is 1. The van der Waals surface area contributed by atoms with E-state index < -0.39 is 23.4 Å². The molecule has 0 aromatic heterocycles. The van der Waals surface area contributed by atoms with Crippen molar-refractivity contribution in [1.82, 2.24) is 0 Å². The molecule has 0 saturated carbocycles. The Labute approximate surface area is 117 Å². The highest BCUT2D eigenvalue weighted by Crippen LogP contribution is 2.27. The largest absolute Gasteiger partial charge is 0.478 e. The summed E-state index contributed by atoms with van der Waals surface area (Å²) in [6, 6.07) is 6.52. The van der Waals surface area contributed by atoms with E-state index in [4.69, 9.17) is 5.11 Å². The summed E-state index contributed by atoms with van der Waals surface area (Å²) >= 11 is 0.951. The molecule has 1 N–H and O–H groups in total. The Kier molecular flexibility index (Phi) is 4.34. The molecule has 0 aliphatic heterocycles. The van der Waals surface area contributed by atoms with E-state index >= 15 is 0 Å². The normalized spacial score (nSPS) is 10.6. The fraction of sp³-hybridized carbons (Fsp3) is 0.0714. The monoisotopic (exact) mass is 298 g/mol. The zero-order valence-corrected chi connectivity index (χ0v) is 10.9. The third-order valence-electron chi connectivity index (χ3n) is 2.58. The minimum absolute atomic E-state index is 0.0477. The highest BCUT2D eigenvalue weighted by atomic mass is 32.2. The maximum atomic E-state index is 13.5. The molecule has 0 aliphatic rings. The number of carboxylic acids is 1.